The van der Waals surface area contributed by atoms with E-state index in [1.807, 2.05) is 16.7 Å². The summed E-state index contributed by atoms with van der Waals surface area (Å²) in [6.07, 6.45) is 5.41. The van der Waals surface area contributed by atoms with Crippen molar-refractivity contribution < 1.29 is 9.59 Å². The first-order chi connectivity index (χ1) is 10.9. The molecule has 6 heteroatoms. The summed E-state index contributed by atoms with van der Waals surface area (Å²) >= 11 is 0. The summed E-state index contributed by atoms with van der Waals surface area (Å²) in [7, 11) is 0. The number of rotatable bonds is 5. The predicted molar refractivity (Wildman–Crippen MR) is 99.0 cm³/mol. The van der Waals surface area contributed by atoms with Gasteiger partial charge >= 0.3 is 0 Å². The molecule has 2 heterocycles. The lowest BCUT2D eigenvalue weighted by atomic mass is 9.91. The van der Waals surface area contributed by atoms with E-state index in [9.17, 15) is 9.59 Å². The molecular formula is C18H34ClN3O2. The van der Waals surface area contributed by atoms with Crippen molar-refractivity contribution in [2.45, 2.75) is 71.4 Å². The highest BCUT2D eigenvalue weighted by Crippen LogP contribution is 2.24. The van der Waals surface area contributed by atoms with Crippen molar-refractivity contribution in [2.75, 3.05) is 19.6 Å². The van der Waals surface area contributed by atoms with Crippen molar-refractivity contribution in [2.24, 2.45) is 17.6 Å². The van der Waals surface area contributed by atoms with E-state index in [2.05, 4.69) is 13.8 Å². The van der Waals surface area contributed by atoms with Crippen LogP contribution in [0.5, 0.6) is 0 Å². The van der Waals surface area contributed by atoms with Crippen molar-refractivity contribution >= 4 is 24.2 Å². The topological polar surface area (TPSA) is 66.6 Å². The van der Waals surface area contributed by atoms with Crippen LogP contribution in [0.25, 0.3) is 0 Å². The van der Waals surface area contributed by atoms with Gasteiger partial charge in [0.1, 0.15) is 6.04 Å². The van der Waals surface area contributed by atoms with Crippen LogP contribution >= 0.6 is 12.4 Å². The zero-order chi connectivity index (χ0) is 17.0. The molecule has 5 nitrogen and oxygen atoms in total. The molecule has 2 amide bonds. The lowest BCUT2D eigenvalue weighted by molar-refractivity contribution is -0.149. The fourth-order valence-electron chi connectivity index (χ4n) is 3.81. The molecule has 0 bridgehead atoms. The van der Waals surface area contributed by atoms with Crippen molar-refractivity contribution in [1.29, 1.82) is 0 Å². The number of piperidine rings is 2. The van der Waals surface area contributed by atoms with E-state index in [1.165, 1.54) is 0 Å². The van der Waals surface area contributed by atoms with E-state index in [0.29, 0.717) is 18.3 Å². The Kier molecular flexibility index (Phi) is 8.51. The second kappa shape index (κ2) is 9.62. The van der Waals surface area contributed by atoms with Gasteiger partial charge in [0.2, 0.25) is 11.8 Å². The maximum absolute atomic E-state index is 13.1. The van der Waals surface area contributed by atoms with Gasteiger partial charge < -0.3 is 15.5 Å². The monoisotopic (exact) mass is 359 g/mol. The number of hydrogen-bond donors (Lipinski definition) is 1. The quantitative estimate of drug-likeness (QED) is 0.819. The van der Waals surface area contributed by atoms with Crippen LogP contribution in [0.4, 0.5) is 0 Å². The number of halogens is 1. The fourth-order valence-corrected chi connectivity index (χ4v) is 3.81. The minimum atomic E-state index is -0.283. The van der Waals surface area contributed by atoms with E-state index < -0.39 is 0 Å². The van der Waals surface area contributed by atoms with E-state index in [4.69, 9.17) is 5.73 Å². The first-order valence-corrected chi connectivity index (χ1v) is 9.24. The molecule has 0 radical (unpaired) electrons. The molecule has 0 aromatic heterocycles. The van der Waals surface area contributed by atoms with Gasteiger partial charge in [0.15, 0.2) is 0 Å². The number of hydrogen-bond acceptors (Lipinski definition) is 3. The number of carbonyl (C=O) groups excluding carboxylic acids is 2. The van der Waals surface area contributed by atoms with Crippen LogP contribution in [-0.2, 0) is 9.59 Å². The average molecular weight is 360 g/mol. The third-order valence-electron chi connectivity index (χ3n) is 5.23. The first kappa shape index (κ1) is 21.2. The van der Waals surface area contributed by atoms with Gasteiger partial charge in [0, 0.05) is 32.1 Å². The zero-order valence-electron chi connectivity index (χ0n) is 15.4. The van der Waals surface area contributed by atoms with E-state index in [1.54, 1.807) is 0 Å². The molecule has 0 aromatic rings. The molecule has 2 fully saturated rings. The third-order valence-corrected chi connectivity index (χ3v) is 5.23. The van der Waals surface area contributed by atoms with Crippen LogP contribution in [0, 0.1) is 11.8 Å². The van der Waals surface area contributed by atoms with Crippen LogP contribution < -0.4 is 5.73 Å². The van der Waals surface area contributed by atoms with Crippen LogP contribution in [0.2, 0.25) is 0 Å². The van der Waals surface area contributed by atoms with Crippen molar-refractivity contribution in [3.05, 3.63) is 0 Å². The van der Waals surface area contributed by atoms with Gasteiger partial charge in [-0.05, 0) is 50.9 Å². The van der Waals surface area contributed by atoms with Crippen molar-refractivity contribution in [1.82, 2.24) is 9.80 Å². The summed E-state index contributed by atoms with van der Waals surface area (Å²) in [6.45, 7) is 8.54. The average Bonchev–Trinajstić information content (AvgIpc) is 2.52. The van der Waals surface area contributed by atoms with Crippen LogP contribution in [0.1, 0.15) is 59.3 Å². The molecule has 2 N–H and O–H groups in total. The molecule has 0 aromatic carbocycles. The second-order valence-electron chi connectivity index (χ2n) is 7.74. The van der Waals surface area contributed by atoms with Gasteiger partial charge in [-0.3, -0.25) is 9.59 Å². The number of likely N-dealkylation sites (tertiary alicyclic amines) is 2. The maximum Gasteiger partial charge on any atom is 0.245 e. The Morgan fingerprint density at radius 1 is 1.21 bits per heavy atom. The Morgan fingerprint density at radius 3 is 2.50 bits per heavy atom. The second-order valence-corrected chi connectivity index (χ2v) is 7.74. The molecular weight excluding hydrogens is 326 g/mol. The number of nitrogens with zero attached hydrogens (tertiary/aromatic N) is 2. The fraction of sp³-hybridized carbons (Fsp3) is 0.889. The van der Waals surface area contributed by atoms with Crippen LogP contribution in [0.15, 0.2) is 0 Å². The van der Waals surface area contributed by atoms with E-state index in [0.717, 1.165) is 51.7 Å². The molecule has 24 heavy (non-hydrogen) atoms. The highest BCUT2D eigenvalue weighted by Gasteiger charge is 2.36. The largest absolute Gasteiger partial charge is 0.341 e. The SMILES string of the molecule is CC(C)CC(C(=O)N1CCCC(C(C)N)C1)N1CCCCC1=O.Cl. The molecule has 2 saturated heterocycles. The molecule has 0 saturated carbocycles. The Bertz CT molecular complexity index is 428. The Labute approximate surface area is 152 Å². The number of carbonyl (C=O) groups is 2. The van der Waals surface area contributed by atoms with Gasteiger partial charge in [-0.15, -0.1) is 12.4 Å². The highest BCUT2D eigenvalue weighted by molar-refractivity contribution is 5.88. The molecule has 2 aliphatic rings. The summed E-state index contributed by atoms with van der Waals surface area (Å²) in [4.78, 5) is 29.3. The van der Waals surface area contributed by atoms with E-state index in [-0.39, 0.29) is 36.3 Å². The summed E-state index contributed by atoms with van der Waals surface area (Å²) in [6, 6.07) is -0.166. The highest BCUT2D eigenvalue weighted by atomic mass is 35.5. The zero-order valence-corrected chi connectivity index (χ0v) is 16.2. The molecule has 0 spiro atoms. The Balaban J connectivity index is 0.00000288. The number of nitrogens with two attached hydrogens (primary N) is 1. The summed E-state index contributed by atoms with van der Waals surface area (Å²) in [5, 5.41) is 0. The van der Waals surface area contributed by atoms with E-state index >= 15 is 0 Å². The van der Waals surface area contributed by atoms with Gasteiger partial charge in [0.05, 0.1) is 0 Å². The van der Waals surface area contributed by atoms with Gasteiger partial charge in [0.25, 0.3) is 0 Å². The smallest absolute Gasteiger partial charge is 0.245 e. The third kappa shape index (κ3) is 5.35. The predicted octanol–water partition coefficient (Wildman–Crippen LogP) is 2.42. The minimum Gasteiger partial charge on any atom is -0.341 e. The summed E-state index contributed by atoms with van der Waals surface area (Å²) in [5.41, 5.74) is 6.05. The Hall–Kier alpha value is -0.810. The van der Waals surface area contributed by atoms with Crippen molar-refractivity contribution in [3.63, 3.8) is 0 Å². The van der Waals surface area contributed by atoms with Gasteiger partial charge in [-0.1, -0.05) is 13.8 Å². The minimum absolute atomic E-state index is 0. The molecule has 3 atom stereocenters. The van der Waals surface area contributed by atoms with Crippen LogP contribution in [-0.4, -0.2) is 53.3 Å². The molecule has 3 unspecified atom stereocenters. The molecule has 0 aliphatic carbocycles. The standard InChI is InChI=1S/C18H33N3O2.ClH/c1-13(2)11-16(21-10-5-4-8-17(21)22)18(23)20-9-6-7-15(12-20)14(3)19;/h13-16H,4-12,19H2,1-3H3;1H. The lowest BCUT2D eigenvalue weighted by Crippen LogP contribution is -2.55. The van der Waals surface area contributed by atoms with Gasteiger partial charge in [-0.25, -0.2) is 0 Å². The normalized spacial score (nSPS) is 24.5. The lowest BCUT2D eigenvalue weighted by Gasteiger charge is -2.41. The summed E-state index contributed by atoms with van der Waals surface area (Å²) in [5.74, 6) is 1.06. The molecule has 2 rings (SSSR count). The Morgan fingerprint density at radius 2 is 1.92 bits per heavy atom. The number of amides is 2. The van der Waals surface area contributed by atoms with Gasteiger partial charge in [-0.2, -0.15) is 0 Å². The van der Waals surface area contributed by atoms with Crippen molar-refractivity contribution in [3.8, 4) is 0 Å². The first-order valence-electron chi connectivity index (χ1n) is 9.24. The van der Waals surface area contributed by atoms with Crippen LogP contribution in [0.3, 0.4) is 0 Å². The molecule has 140 valence electrons. The maximum atomic E-state index is 13.1. The molecule has 2 aliphatic heterocycles. The summed E-state index contributed by atoms with van der Waals surface area (Å²) < 4.78 is 0.